The van der Waals surface area contributed by atoms with Crippen molar-refractivity contribution in [3.63, 3.8) is 0 Å². The summed E-state index contributed by atoms with van der Waals surface area (Å²) in [6.45, 7) is 5.23. The van der Waals surface area contributed by atoms with Gasteiger partial charge in [0.25, 0.3) is 0 Å². The summed E-state index contributed by atoms with van der Waals surface area (Å²) in [6, 6.07) is 6.19. The first-order chi connectivity index (χ1) is 10.3. The van der Waals surface area contributed by atoms with Crippen molar-refractivity contribution in [3.8, 4) is 0 Å². The van der Waals surface area contributed by atoms with Gasteiger partial charge in [-0.05, 0) is 36.6 Å². The van der Waals surface area contributed by atoms with Crippen molar-refractivity contribution < 1.29 is 14.2 Å². The molecule has 0 spiro atoms. The lowest BCUT2D eigenvalue weighted by molar-refractivity contribution is 0.0264. The quantitative estimate of drug-likeness (QED) is 0.555. The van der Waals surface area contributed by atoms with Crippen LogP contribution in [0.5, 0.6) is 0 Å². The van der Waals surface area contributed by atoms with Gasteiger partial charge in [-0.2, -0.15) is 0 Å². The van der Waals surface area contributed by atoms with Crippen LogP contribution >= 0.6 is 0 Å². The fraction of sp³-hybridized carbons (Fsp3) is 0.625. The number of nitrogens with zero attached hydrogens (tertiary/aromatic N) is 1. The maximum atomic E-state index is 5.85. The van der Waals surface area contributed by atoms with E-state index in [1.54, 1.807) is 7.11 Å². The summed E-state index contributed by atoms with van der Waals surface area (Å²) >= 11 is 0. The second kappa shape index (κ2) is 8.87. The SMILES string of the molecule is COCCOCCOCCN1CCCc2cc(N)ccc21. The molecule has 1 heterocycles. The van der Waals surface area contributed by atoms with Crippen LogP contribution in [0, 0.1) is 0 Å². The van der Waals surface area contributed by atoms with Crippen LogP contribution in [0.2, 0.25) is 0 Å². The van der Waals surface area contributed by atoms with E-state index in [1.807, 2.05) is 6.07 Å². The summed E-state index contributed by atoms with van der Waals surface area (Å²) in [5, 5.41) is 0. The lowest BCUT2D eigenvalue weighted by atomic mass is 10.0. The first-order valence-corrected chi connectivity index (χ1v) is 7.59. The molecule has 1 aliphatic heterocycles. The number of nitrogens with two attached hydrogens (primary N) is 1. The van der Waals surface area contributed by atoms with Crippen molar-refractivity contribution in [2.75, 3.05) is 63.9 Å². The van der Waals surface area contributed by atoms with Crippen molar-refractivity contribution in [3.05, 3.63) is 23.8 Å². The molecule has 0 amide bonds. The minimum atomic E-state index is 0.622. The van der Waals surface area contributed by atoms with Crippen LogP contribution in [0.4, 0.5) is 11.4 Å². The highest BCUT2D eigenvalue weighted by molar-refractivity contribution is 5.61. The molecule has 0 saturated heterocycles. The Kier molecular flexibility index (Phi) is 6.79. The normalized spacial score (nSPS) is 14.2. The molecule has 0 radical (unpaired) electrons. The van der Waals surface area contributed by atoms with E-state index in [0.717, 1.165) is 31.8 Å². The van der Waals surface area contributed by atoms with Crippen LogP contribution in [0.25, 0.3) is 0 Å². The van der Waals surface area contributed by atoms with Gasteiger partial charge in [0.2, 0.25) is 0 Å². The Morgan fingerprint density at radius 1 is 1.10 bits per heavy atom. The van der Waals surface area contributed by atoms with E-state index >= 15 is 0 Å². The molecule has 1 aromatic rings. The highest BCUT2D eigenvalue weighted by Gasteiger charge is 2.16. The summed E-state index contributed by atoms with van der Waals surface area (Å²) in [5.74, 6) is 0. The molecule has 1 aliphatic rings. The average molecular weight is 294 g/mol. The Hall–Kier alpha value is -1.30. The van der Waals surface area contributed by atoms with E-state index in [2.05, 4.69) is 17.0 Å². The zero-order chi connectivity index (χ0) is 14.9. The van der Waals surface area contributed by atoms with Gasteiger partial charge in [0.05, 0.1) is 33.0 Å². The summed E-state index contributed by atoms with van der Waals surface area (Å²) < 4.78 is 15.9. The molecule has 0 fully saturated rings. The molecule has 0 bridgehead atoms. The van der Waals surface area contributed by atoms with E-state index in [-0.39, 0.29) is 0 Å². The maximum absolute atomic E-state index is 5.85. The zero-order valence-electron chi connectivity index (χ0n) is 12.8. The second-order valence-corrected chi connectivity index (χ2v) is 5.20. The lowest BCUT2D eigenvalue weighted by Crippen LogP contribution is -2.32. The Labute approximate surface area is 127 Å². The van der Waals surface area contributed by atoms with Crippen LogP contribution in [-0.2, 0) is 20.6 Å². The minimum absolute atomic E-state index is 0.622. The number of hydrogen-bond acceptors (Lipinski definition) is 5. The average Bonchev–Trinajstić information content (AvgIpc) is 2.49. The van der Waals surface area contributed by atoms with E-state index in [0.29, 0.717) is 26.4 Å². The monoisotopic (exact) mass is 294 g/mol. The van der Waals surface area contributed by atoms with Crippen molar-refractivity contribution in [1.29, 1.82) is 0 Å². The third-order valence-electron chi connectivity index (χ3n) is 3.63. The molecule has 21 heavy (non-hydrogen) atoms. The Morgan fingerprint density at radius 3 is 2.67 bits per heavy atom. The molecule has 0 aromatic heterocycles. The van der Waals surface area contributed by atoms with E-state index in [1.165, 1.54) is 17.7 Å². The van der Waals surface area contributed by atoms with Gasteiger partial charge in [0, 0.05) is 31.6 Å². The van der Waals surface area contributed by atoms with Crippen molar-refractivity contribution in [1.82, 2.24) is 0 Å². The molecule has 1 aromatic carbocycles. The van der Waals surface area contributed by atoms with Gasteiger partial charge >= 0.3 is 0 Å². The molecule has 0 atom stereocenters. The van der Waals surface area contributed by atoms with Gasteiger partial charge in [-0.25, -0.2) is 0 Å². The first kappa shape index (κ1) is 16.1. The largest absolute Gasteiger partial charge is 0.399 e. The molecule has 118 valence electrons. The first-order valence-electron chi connectivity index (χ1n) is 7.59. The number of ether oxygens (including phenoxy) is 3. The summed E-state index contributed by atoms with van der Waals surface area (Å²) in [6.07, 6.45) is 2.29. The highest BCUT2D eigenvalue weighted by atomic mass is 16.5. The number of aryl methyl sites for hydroxylation is 1. The molecular weight excluding hydrogens is 268 g/mol. The molecule has 2 N–H and O–H groups in total. The number of hydrogen-bond donors (Lipinski definition) is 1. The third-order valence-corrected chi connectivity index (χ3v) is 3.63. The molecule has 0 unspecified atom stereocenters. The summed E-state index contributed by atoms with van der Waals surface area (Å²) in [5.41, 5.74) is 9.35. The van der Waals surface area contributed by atoms with Crippen molar-refractivity contribution in [2.24, 2.45) is 0 Å². The van der Waals surface area contributed by atoms with Gasteiger partial charge in [0.1, 0.15) is 0 Å². The standard InChI is InChI=1S/C16H26N2O3/c1-19-9-10-21-12-11-20-8-7-18-6-2-3-14-13-15(17)4-5-16(14)18/h4-5,13H,2-3,6-12,17H2,1H3. The molecule has 5 nitrogen and oxygen atoms in total. The molecule has 0 aliphatic carbocycles. The van der Waals surface area contributed by atoms with E-state index in [9.17, 15) is 0 Å². The van der Waals surface area contributed by atoms with Crippen LogP contribution in [0.15, 0.2) is 18.2 Å². The fourth-order valence-corrected chi connectivity index (χ4v) is 2.57. The smallest absolute Gasteiger partial charge is 0.0701 e. The predicted octanol–water partition coefficient (Wildman–Crippen LogP) is 1.70. The number of fused-ring (bicyclic) bond motifs is 1. The van der Waals surface area contributed by atoms with Gasteiger partial charge < -0.3 is 24.8 Å². The number of benzene rings is 1. The van der Waals surface area contributed by atoms with Gasteiger partial charge in [-0.15, -0.1) is 0 Å². The number of rotatable bonds is 9. The maximum Gasteiger partial charge on any atom is 0.0701 e. The van der Waals surface area contributed by atoms with E-state index in [4.69, 9.17) is 19.9 Å². The number of methoxy groups -OCH3 is 1. The Balaban J connectivity index is 1.66. The van der Waals surface area contributed by atoms with Gasteiger partial charge in [0.15, 0.2) is 0 Å². The summed E-state index contributed by atoms with van der Waals surface area (Å²) in [4.78, 5) is 2.38. The van der Waals surface area contributed by atoms with Crippen LogP contribution in [-0.4, -0.2) is 53.2 Å². The Morgan fingerprint density at radius 2 is 1.86 bits per heavy atom. The van der Waals surface area contributed by atoms with Gasteiger partial charge in [-0.1, -0.05) is 0 Å². The molecule has 5 heteroatoms. The molecule has 2 rings (SSSR count). The van der Waals surface area contributed by atoms with Crippen molar-refractivity contribution in [2.45, 2.75) is 12.8 Å². The lowest BCUT2D eigenvalue weighted by Gasteiger charge is -2.31. The minimum Gasteiger partial charge on any atom is -0.399 e. The van der Waals surface area contributed by atoms with Gasteiger partial charge in [-0.3, -0.25) is 0 Å². The number of nitrogen functional groups attached to an aromatic ring is 1. The van der Waals surface area contributed by atoms with Crippen molar-refractivity contribution >= 4 is 11.4 Å². The van der Waals surface area contributed by atoms with Crippen LogP contribution in [0.1, 0.15) is 12.0 Å². The van der Waals surface area contributed by atoms with Crippen LogP contribution in [0.3, 0.4) is 0 Å². The molecule has 0 saturated carbocycles. The predicted molar refractivity (Wildman–Crippen MR) is 84.9 cm³/mol. The van der Waals surface area contributed by atoms with Crippen LogP contribution < -0.4 is 10.6 Å². The number of anilines is 2. The Bertz CT molecular complexity index is 426. The second-order valence-electron chi connectivity index (χ2n) is 5.20. The molecular formula is C16H26N2O3. The topological polar surface area (TPSA) is 57.0 Å². The third kappa shape index (κ3) is 5.19. The zero-order valence-corrected chi connectivity index (χ0v) is 12.8. The van der Waals surface area contributed by atoms with E-state index < -0.39 is 0 Å². The highest BCUT2D eigenvalue weighted by Crippen LogP contribution is 2.28. The summed E-state index contributed by atoms with van der Waals surface area (Å²) in [7, 11) is 1.67. The fourth-order valence-electron chi connectivity index (χ4n) is 2.57.